The van der Waals surface area contributed by atoms with Crippen LogP contribution in [0.15, 0.2) is 0 Å². The van der Waals surface area contributed by atoms with Gasteiger partial charge in [-0.05, 0) is 158 Å². The molecule has 1 saturated heterocycles. The number of carbonyl (C=O) groups is 1. The van der Waals surface area contributed by atoms with Crippen LogP contribution in [0.3, 0.4) is 0 Å². The zero-order valence-electron chi connectivity index (χ0n) is 32.9. The van der Waals surface area contributed by atoms with Crippen LogP contribution >= 0.6 is 0 Å². The molecule has 0 aromatic rings. The van der Waals surface area contributed by atoms with E-state index in [4.69, 9.17) is 9.47 Å². The fourth-order valence-electron chi connectivity index (χ4n) is 7.34. The van der Waals surface area contributed by atoms with Crippen LogP contribution in [0.25, 0.3) is 0 Å². The molecule has 288 valence electrons. The normalized spacial score (nSPS) is 22.7. The second-order valence-corrected chi connectivity index (χ2v) is 13.8. The first-order valence-corrected chi connectivity index (χ1v) is 19.8. The summed E-state index contributed by atoms with van der Waals surface area (Å²) in [5.74, 6) is 65.9. The van der Waals surface area contributed by atoms with E-state index in [2.05, 4.69) is 170 Å². The van der Waals surface area contributed by atoms with Crippen molar-refractivity contribution in [2.75, 3.05) is 13.2 Å². The minimum absolute atomic E-state index is 0.0674. The second kappa shape index (κ2) is 28.0. The van der Waals surface area contributed by atoms with Gasteiger partial charge in [0.05, 0.1) is 37.3 Å². The summed E-state index contributed by atoms with van der Waals surface area (Å²) in [5.41, 5.74) is 0. The third-order valence-corrected chi connectivity index (χ3v) is 9.97. The van der Waals surface area contributed by atoms with Crippen LogP contribution in [0.5, 0.6) is 0 Å². The van der Waals surface area contributed by atoms with E-state index < -0.39 is 12.1 Å². The van der Waals surface area contributed by atoms with E-state index in [1.54, 1.807) is 6.92 Å². The molecule has 3 saturated carbocycles. The smallest absolute Gasteiger partial charge is 0.385 e. The summed E-state index contributed by atoms with van der Waals surface area (Å²) in [4.78, 5) is 12.0. The average Bonchev–Trinajstić information content (AvgIpc) is 3.25. The summed E-state index contributed by atoms with van der Waals surface area (Å²) < 4.78 is 11.1. The Bertz CT molecular complexity index is 2280. The maximum Gasteiger partial charge on any atom is 0.385 e. The molecule has 4 N–H and O–H groups in total. The molecule has 7 nitrogen and oxygen atoms in total. The molecule has 0 bridgehead atoms. The SMILES string of the molecule is CC#CC#CC#CC#CC#CC#CC#CC#CC#CC#CC#CC#CC#CC(=O)OCCOC1CCC(C2NC(C3CCCCC3)NC(C3CCCCC3)N2)C(O)C1. The van der Waals surface area contributed by atoms with Gasteiger partial charge < -0.3 is 14.6 Å². The molecule has 3 aliphatic carbocycles. The first-order chi connectivity index (χ1) is 28.6. The van der Waals surface area contributed by atoms with Crippen molar-refractivity contribution in [3.05, 3.63) is 0 Å². The molecule has 4 fully saturated rings. The van der Waals surface area contributed by atoms with Crippen LogP contribution in [-0.4, -0.2) is 55.0 Å². The van der Waals surface area contributed by atoms with Crippen LogP contribution in [-0.2, 0) is 14.3 Å². The Balaban J connectivity index is 1.09. The Morgan fingerprint density at radius 1 is 0.500 bits per heavy atom. The van der Waals surface area contributed by atoms with E-state index >= 15 is 0 Å². The van der Waals surface area contributed by atoms with Gasteiger partial charge in [-0.1, -0.05) is 44.4 Å². The van der Waals surface area contributed by atoms with E-state index in [-0.39, 0.29) is 43.7 Å². The highest BCUT2D eigenvalue weighted by Gasteiger charge is 2.42. The monoisotopic (exact) mass is 763 g/mol. The lowest BCUT2D eigenvalue weighted by Crippen LogP contribution is -2.73. The van der Waals surface area contributed by atoms with Gasteiger partial charge in [0, 0.05) is 59.2 Å². The summed E-state index contributed by atoms with van der Waals surface area (Å²) in [6.07, 6.45) is 15.3. The van der Waals surface area contributed by atoms with Crippen molar-refractivity contribution < 1.29 is 19.4 Å². The van der Waals surface area contributed by atoms with Crippen LogP contribution in [0.4, 0.5) is 0 Å². The molecule has 0 aromatic carbocycles. The molecular weight excluding hydrogens is 719 g/mol. The number of hydrogen-bond donors (Lipinski definition) is 4. The van der Waals surface area contributed by atoms with E-state index in [0.29, 0.717) is 18.3 Å². The minimum Gasteiger partial charge on any atom is -0.454 e. The van der Waals surface area contributed by atoms with Crippen LogP contribution < -0.4 is 16.0 Å². The molecule has 5 unspecified atom stereocenters. The van der Waals surface area contributed by atoms with Crippen molar-refractivity contribution in [2.24, 2.45) is 17.8 Å². The summed E-state index contributed by atoms with van der Waals surface area (Å²) in [6, 6.07) is 0. The Morgan fingerprint density at radius 2 is 0.897 bits per heavy atom. The maximum atomic E-state index is 12.0. The second-order valence-electron chi connectivity index (χ2n) is 13.8. The molecule has 0 aromatic heterocycles. The topological polar surface area (TPSA) is 91.9 Å². The highest BCUT2D eigenvalue weighted by atomic mass is 16.6. The van der Waals surface area contributed by atoms with Gasteiger partial charge in [-0.3, -0.25) is 16.0 Å². The fourth-order valence-corrected chi connectivity index (χ4v) is 7.34. The van der Waals surface area contributed by atoms with Gasteiger partial charge in [0.25, 0.3) is 0 Å². The van der Waals surface area contributed by atoms with Gasteiger partial charge in [0.2, 0.25) is 0 Å². The summed E-state index contributed by atoms with van der Waals surface area (Å²) >= 11 is 0. The number of rotatable bonds is 7. The number of nitrogens with one attached hydrogen (secondary N) is 3. The first kappa shape index (κ1) is 44.3. The van der Waals surface area contributed by atoms with Crippen molar-refractivity contribution in [2.45, 2.75) is 121 Å². The molecule has 0 spiro atoms. The molecule has 4 rings (SSSR count). The standard InChI is InChI=1S/C51H45N3O4/c1-2-3-4-5-6-7-8-9-10-11-12-13-14-15-16-17-18-19-20-21-22-23-24-25-32-37-48(56)58-41-40-57-45-38-39-46(47(55)42-45)51-53-49(43-33-28-26-29-34-43)52-50(54-51)44-35-30-27-31-36-44/h43-47,49-55H,26-31,33-36,38-42H2,1H3. The predicted octanol–water partition coefficient (Wildman–Crippen LogP) is 3.06. The summed E-state index contributed by atoms with van der Waals surface area (Å²) in [7, 11) is 0. The van der Waals surface area contributed by atoms with E-state index in [1.165, 1.54) is 64.2 Å². The van der Waals surface area contributed by atoms with Crippen LogP contribution in [0.2, 0.25) is 0 Å². The fraction of sp³-hybridized carbons (Fsp3) is 0.471. The van der Waals surface area contributed by atoms with Crippen molar-refractivity contribution in [1.29, 1.82) is 0 Å². The molecule has 5 atom stereocenters. The lowest BCUT2D eigenvalue weighted by Gasteiger charge is -2.50. The maximum absolute atomic E-state index is 12.0. The molecule has 0 radical (unpaired) electrons. The third kappa shape index (κ3) is 18.0. The van der Waals surface area contributed by atoms with Crippen LogP contribution in [0.1, 0.15) is 90.4 Å². The highest BCUT2D eigenvalue weighted by Crippen LogP contribution is 2.34. The van der Waals surface area contributed by atoms with E-state index in [9.17, 15) is 9.90 Å². The van der Waals surface area contributed by atoms with Gasteiger partial charge in [0.15, 0.2) is 0 Å². The zero-order chi connectivity index (χ0) is 40.7. The number of ether oxygens (including phenoxy) is 2. The first-order valence-electron chi connectivity index (χ1n) is 19.8. The Hall–Kier alpha value is -6.45. The summed E-state index contributed by atoms with van der Waals surface area (Å²) in [5, 5.41) is 23.0. The van der Waals surface area contributed by atoms with Crippen molar-refractivity contribution >= 4 is 5.97 Å². The van der Waals surface area contributed by atoms with Gasteiger partial charge in [0.1, 0.15) is 6.61 Å². The average molecular weight is 764 g/mol. The lowest BCUT2D eigenvalue weighted by molar-refractivity contribution is -0.139. The Morgan fingerprint density at radius 3 is 1.31 bits per heavy atom. The van der Waals surface area contributed by atoms with Gasteiger partial charge >= 0.3 is 5.97 Å². The number of esters is 1. The zero-order valence-corrected chi connectivity index (χ0v) is 32.9. The van der Waals surface area contributed by atoms with Crippen LogP contribution in [0, 0.1) is 172 Å². The van der Waals surface area contributed by atoms with E-state index in [0.717, 1.165) is 12.8 Å². The number of carbonyl (C=O) groups excluding carboxylic acids is 1. The summed E-state index contributed by atoms with van der Waals surface area (Å²) in [6.45, 7) is 1.99. The van der Waals surface area contributed by atoms with Gasteiger partial charge in [-0.15, -0.1) is 0 Å². The minimum atomic E-state index is -0.702. The molecule has 1 heterocycles. The van der Waals surface area contributed by atoms with E-state index in [1.807, 2.05) is 0 Å². The Labute approximate surface area is 346 Å². The molecule has 7 heteroatoms. The number of aliphatic hydroxyl groups is 1. The van der Waals surface area contributed by atoms with Crippen molar-refractivity contribution in [1.82, 2.24) is 16.0 Å². The quantitative estimate of drug-likeness (QED) is 0.137. The Kier molecular flexibility index (Phi) is 21.4. The van der Waals surface area contributed by atoms with Gasteiger partial charge in [-0.2, -0.15) is 0 Å². The predicted molar refractivity (Wildman–Crippen MR) is 225 cm³/mol. The molecule has 1 aliphatic heterocycles. The number of hydrogen-bond acceptors (Lipinski definition) is 7. The molecular formula is C51H45N3O4. The molecule has 58 heavy (non-hydrogen) atoms. The number of aliphatic hydroxyl groups excluding tert-OH is 1. The largest absolute Gasteiger partial charge is 0.454 e. The molecule has 4 aliphatic rings. The van der Waals surface area contributed by atoms with Crippen molar-refractivity contribution in [3.8, 4) is 154 Å². The lowest BCUT2D eigenvalue weighted by atomic mass is 9.79. The molecule has 0 amide bonds. The van der Waals surface area contributed by atoms with Crippen molar-refractivity contribution in [3.63, 3.8) is 0 Å². The third-order valence-electron chi connectivity index (χ3n) is 9.97. The highest BCUT2D eigenvalue weighted by molar-refractivity contribution is 5.89. The van der Waals surface area contributed by atoms with Gasteiger partial charge in [-0.25, -0.2) is 4.79 Å².